The van der Waals surface area contributed by atoms with Crippen LogP contribution in [0, 0.1) is 0 Å². The molecule has 0 spiro atoms. The van der Waals surface area contributed by atoms with Crippen molar-refractivity contribution in [3.63, 3.8) is 0 Å². The predicted octanol–water partition coefficient (Wildman–Crippen LogP) is 2.62. The summed E-state index contributed by atoms with van der Waals surface area (Å²) in [7, 11) is 0. The van der Waals surface area contributed by atoms with E-state index >= 15 is 0 Å². The SMILES string of the molecule is CCNC(=O)c1ccc2c(n1)N(C(=O)Nc1cc(Br)ccn1)C1CCN2C1. The fourth-order valence-corrected chi connectivity index (χ4v) is 3.83. The number of hydrogen-bond acceptors (Lipinski definition) is 5. The molecule has 0 aromatic carbocycles. The van der Waals surface area contributed by atoms with E-state index in [-0.39, 0.29) is 18.0 Å². The molecule has 1 unspecified atom stereocenters. The second kappa shape index (κ2) is 7.15. The Kier molecular flexibility index (Phi) is 4.69. The fraction of sp³-hybridized carbons (Fsp3) is 0.333. The zero-order chi connectivity index (χ0) is 19.0. The van der Waals surface area contributed by atoms with Gasteiger partial charge >= 0.3 is 6.03 Å². The van der Waals surface area contributed by atoms with E-state index in [0.29, 0.717) is 23.9 Å². The number of aromatic nitrogens is 2. The van der Waals surface area contributed by atoms with Crippen molar-refractivity contribution < 1.29 is 9.59 Å². The number of hydrogen-bond donors (Lipinski definition) is 2. The van der Waals surface area contributed by atoms with Crippen molar-refractivity contribution in [1.82, 2.24) is 15.3 Å². The van der Waals surface area contributed by atoms with E-state index in [4.69, 9.17) is 0 Å². The summed E-state index contributed by atoms with van der Waals surface area (Å²) in [5, 5.41) is 5.58. The Morgan fingerprint density at radius 3 is 2.96 bits per heavy atom. The summed E-state index contributed by atoms with van der Waals surface area (Å²) in [6.07, 6.45) is 2.47. The molecule has 140 valence electrons. The van der Waals surface area contributed by atoms with Crippen molar-refractivity contribution in [1.29, 1.82) is 0 Å². The van der Waals surface area contributed by atoms with E-state index in [2.05, 4.69) is 41.4 Å². The van der Waals surface area contributed by atoms with Gasteiger partial charge in [-0.2, -0.15) is 0 Å². The van der Waals surface area contributed by atoms with Crippen LogP contribution < -0.4 is 20.4 Å². The second-order valence-electron chi connectivity index (χ2n) is 6.45. The number of amides is 3. The molecule has 9 heteroatoms. The number of rotatable bonds is 3. The molecule has 3 amide bonds. The molecule has 4 rings (SSSR count). The molecular weight excluding hydrogens is 412 g/mol. The molecule has 8 nitrogen and oxygen atoms in total. The third-order valence-corrected chi connectivity index (χ3v) is 5.19. The molecule has 1 atom stereocenters. The lowest BCUT2D eigenvalue weighted by Crippen LogP contribution is -2.48. The number of fused-ring (bicyclic) bond motifs is 4. The molecule has 4 heterocycles. The average Bonchev–Trinajstić information content (AvgIpc) is 3.06. The van der Waals surface area contributed by atoms with Crippen molar-refractivity contribution in [2.45, 2.75) is 19.4 Å². The van der Waals surface area contributed by atoms with Crippen LogP contribution in [0.2, 0.25) is 0 Å². The van der Waals surface area contributed by atoms with Crippen molar-refractivity contribution in [3.05, 3.63) is 40.6 Å². The summed E-state index contributed by atoms with van der Waals surface area (Å²) < 4.78 is 0.829. The average molecular weight is 431 g/mol. The minimum Gasteiger partial charge on any atom is -0.366 e. The van der Waals surface area contributed by atoms with E-state index in [9.17, 15) is 9.59 Å². The molecule has 2 aliphatic heterocycles. The van der Waals surface area contributed by atoms with Gasteiger partial charge in [-0.05, 0) is 37.6 Å². The van der Waals surface area contributed by atoms with Gasteiger partial charge in [0.05, 0.1) is 11.7 Å². The van der Waals surface area contributed by atoms with Crippen LogP contribution in [-0.2, 0) is 0 Å². The molecule has 2 N–H and O–H groups in total. The fourth-order valence-electron chi connectivity index (χ4n) is 3.49. The van der Waals surface area contributed by atoms with Crippen LogP contribution in [0.5, 0.6) is 0 Å². The highest BCUT2D eigenvalue weighted by Gasteiger charge is 2.40. The van der Waals surface area contributed by atoms with E-state index in [0.717, 1.165) is 29.7 Å². The topological polar surface area (TPSA) is 90.5 Å². The largest absolute Gasteiger partial charge is 0.366 e. The van der Waals surface area contributed by atoms with Gasteiger partial charge < -0.3 is 10.2 Å². The molecule has 2 aromatic heterocycles. The van der Waals surface area contributed by atoms with Gasteiger partial charge in [-0.1, -0.05) is 15.9 Å². The molecule has 2 aromatic rings. The monoisotopic (exact) mass is 430 g/mol. The first kappa shape index (κ1) is 17.7. The van der Waals surface area contributed by atoms with Crippen LogP contribution in [0.15, 0.2) is 34.9 Å². The number of nitrogens with zero attached hydrogens (tertiary/aromatic N) is 4. The van der Waals surface area contributed by atoms with Crippen molar-refractivity contribution in [2.24, 2.45) is 0 Å². The van der Waals surface area contributed by atoms with E-state index < -0.39 is 0 Å². The first-order chi connectivity index (χ1) is 13.1. The molecule has 0 aliphatic carbocycles. The van der Waals surface area contributed by atoms with Gasteiger partial charge in [-0.25, -0.2) is 14.8 Å². The van der Waals surface area contributed by atoms with Gasteiger partial charge in [0.25, 0.3) is 5.91 Å². The maximum atomic E-state index is 13.0. The third kappa shape index (κ3) is 3.34. The Hall–Kier alpha value is -2.68. The number of halogens is 1. The van der Waals surface area contributed by atoms with Crippen LogP contribution in [0.3, 0.4) is 0 Å². The minimum atomic E-state index is -0.297. The van der Waals surface area contributed by atoms with Crippen LogP contribution >= 0.6 is 15.9 Å². The van der Waals surface area contributed by atoms with E-state index in [1.807, 2.05) is 13.0 Å². The lowest BCUT2D eigenvalue weighted by Gasteiger charge is -2.35. The molecular formula is C18H19BrN6O2. The molecule has 2 aliphatic rings. The molecule has 0 radical (unpaired) electrons. The number of urea groups is 1. The van der Waals surface area contributed by atoms with Crippen LogP contribution in [0.25, 0.3) is 0 Å². The summed E-state index contributed by atoms with van der Waals surface area (Å²) in [5.74, 6) is 0.721. The predicted molar refractivity (Wildman–Crippen MR) is 106 cm³/mol. The Labute approximate surface area is 165 Å². The summed E-state index contributed by atoms with van der Waals surface area (Å²) in [5.41, 5.74) is 1.17. The Morgan fingerprint density at radius 2 is 2.19 bits per heavy atom. The highest BCUT2D eigenvalue weighted by molar-refractivity contribution is 9.10. The smallest absolute Gasteiger partial charge is 0.329 e. The lowest BCUT2D eigenvalue weighted by atomic mass is 10.1. The van der Waals surface area contributed by atoms with Crippen LogP contribution in [0.4, 0.5) is 22.1 Å². The zero-order valence-electron chi connectivity index (χ0n) is 14.8. The van der Waals surface area contributed by atoms with Crippen molar-refractivity contribution >= 4 is 45.2 Å². The number of carbonyl (C=O) groups excluding carboxylic acids is 2. The highest BCUT2D eigenvalue weighted by Crippen LogP contribution is 2.39. The Bertz CT molecular complexity index is 905. The molecule has 27 heavy (non-hydrogen) atoms. The summed E-state index contributed by atoms with van der Waals surface area (Å²) in [4.78, 5) is 37.8. The van der Waals surface area contributed by atoms with Gasteiger partial charge in [0.2, 0.25) is 0 Å². The van der Waals surface area contributed by atoms with Gasteiger partial charge in [0.1, 0.15) is 11.5 Å². The zero-order valence-corrected chi connectivity index (χ0v) is 16.4. The van der Waals surface area contributed by atoms with Crippen LogP contribution in [0.1, 0.15) is 23.8 Å². The van der Waals surface area contributed by atoms with Crippen molar-refractivity contribution in [2.75, 3.05) is 34.8 Å². The lowest BCUT2D eigenvalue weighted by molar-refractivity contribution is 0.0951. The van der Waals surface area contributed by atoms with Gasteiger partial charge in [0.15, 0.2) is 5.82 Å². The molecule has 1 saturated heterocycles. The minimum absolute atomic E-state index is 0.0154. The number of carbonyl (C=O) groups is 2. The number of anilines is 3. The summed E-state index contributed by atoms with van der Waals surface area (Å²) in [6.45, 7) is 3.99. The quantitative estimate of drug-likeness (QED) is 0.780. The Morgan fingerprint density at radius 1 is 1.33 bits per heavy atom. The standard InChI is InChI=1S/C18H19BrN6O2/c1-2-20-17(26)13-3-4-14-16(22-13)25(12-6-8-24(14)10-12)18(27)23-15-9-11(19)5-7-21-15/h3-5,7,9,12H,2,6,8,10H2,1H3,(H,20,26)(H,21,23,27). The van der Waals surface area contributed by atoms with Gasteiger partial charge in [0, 0.05) is 30.3 Å². The second-order valence-corrected chi connectivity index (χ2v) is 7.36. The van der Waals surface area contributed by atoms with Gasteiger partial charge in [-0.3, -0.25) is 15.0 Å². The van der Waals surface area contributed by atoms with E-state index in [1.54, 1.807) is 29.3 Å². The normalized spacial score (nSPS) is 17.5. The maximum absolute atomic E-state index is 13.0. The third-order valence-electron chi connectivity index (χ3n) is 4.70. The van der Waals surface area contributed by atoms with Gasteiger partial charge in [-0.15, -0.1) is 0 Å². The number of nitrogens with one attached hydrogen (secondary N) is 2. The summed E-state index contributed by atoms with van der Waals surface area (Å²) in [6, 6.07) is 6.82. The van der Waals surface area contributed by atoms with Crippen LogP contribution in [-0.4, -0.2) is 47.6 Å². The number of pyridine rings is 2. The first-order valence-electron chi connectivity index (χ1n) is 8.82. The summed E-state index contributed by atoms with van der Waals surface area (Å²) >= 11 is 3.38. The molecule has 0 saturated carbocycles. The molecule has 1 fully saturated rings. The first-order valence-corrected chi connectivity index (χ1v) is 9.62. The highest BCUT2D eigenvalue weighted by atomic mass is 79.9. The van der Waals surface area contributed by atoms with E-state index in [1.165, 1.54) is 0 Å². The maximum Gasteiger partial charge on any atom is 0.329 e. The Balaban J connectivity index is 1.68. The molecule has 2 bridgehead atoms. The van der Waals surface area contributed by atoms with Crippen molar-refractivity contribution in [3.8, 4) is 0 Å².